The quantitative estimate of drug-likeness (QED) is 0.813. The highest BCUT2D eigenvalue weighted by atomic mass is 16.3. The van der Waals surface area contributed by atoms with Crippen molar-refractivity contribution < 1.29 is 15.0 Å². The number of hydrogen-bond acceptors (Lipinski definition) is 3. The second-order valence-electron chi connectivity index (χ2n) is 5.94. The Morgan fingerprint density at radius 1 is 1.09 bits per heavy atom. The summed E-state index contributed by atoms with van der Waals surface area (Å²) in [6.45, 7) is 0.234. The number of phenolic OH excluding ortho intramolecular Hbond substituents is 1. The van der Waals surface area contributed by atoms with Gasteiger partial charge in [-0.1, -0.05) is 36.4 Å². The molecule has 3 rings (SSSR count). The Balaban J connectivity index is 1.72. The first-order chi connectivity index (χ1) is 11.2. The van der Waals surface area contributed by atoms with Crippen molar-refractivity contribution in [3.63, 3.8) is 0 Å². The van der Waals surface area contributed by atoms with Gasteiger partial charge in [0.15, 0.2) is 6.10 Å². The van der Waals surface area contributed by atoms with E-state index < -0.39 is 12.0 Å². The minimum atomic E-state index is -1.20. The number of carbonyl (C=O) groups excluding carboxylic acids is 1. The third kappa shape index (κ3) is 3.37. The van der Waals surface area contributed by atoms with Crippen molar-refractivity contribution in [2.75, 3.05) is 0 Å². The molecule has 0 aromatic heterocycles. The zero-order chi connectivity index (χ0) is 16.2. The molecular formula is C19H21NO3. The summed E-state index contributed by atoms with van der Waals surface area (Å²) in [6, 6.07) is 12.5. The van der Waals surface area contributed by atoms with Crippen LogP contribution in [0.2, 0.25) is 0 Å². The SMILES string of the molecule is O=C(NCc1c(O)ccc2c1CCCC2)C(O)c1ccccc1. The van der Waals surface area contributed by atoms with Crippen LogP contribution in [0, 0.1) is 0 Å². The molecule has 0 bridgehead atoms. The maximum Gasteiger partial charge on any atom is 0.253 e. The number of aliphatic hydroxyl groups is 1. The number of carbonyl (C=O) groups is 1. The zero-order valence-corrected chi connectivity index (χ0v) is 13.0. The molecule has 4 nitrogen and oxygen atoms in total. The molecule has 23 heavy (non-hydrogen) atoms. The van der Waals surface area contributed by atoms with Gasteiger partial charge in [0.25, 0.3) is 5.91 Å². The topological polar surface area (TPSA) is 69.6 Å². The number of aromatic hydroxyl groups is 1. The van der Waals surface area contributed by atoms with Crippen LogP contribution in [0.4, 0.5) is 0 Å². The van der Waals surface area contributed by atoms with Crippen LogP contribution in [0.15, 0.2) is 42.5 Å². The number of aryl methyl sites for hydroxylation is 1. The van der Waals surface area contributed by atoms with Gasteiger partial charge in [-0.15, -0.1) is 0 Å². The van der Waals surface area contributed by atoms with Gasteiger partial charge in [-0.3, -0.25) is 4.79 Å². The van der Waals surface area contributed by atoms with Crippen LogP contribution in [0.5, 0.6) is 5.75 Å². The molecule has 1 atom stereocenters. The summed E-state index contributed by atoms with van der Waals surface area (Å²) in [7, 11) is 0. The average Bonchev–Trinajstić information content (AvgIpc) is 2.60. The van der Waals surface area contributed by atoms with E-state index in [4.69, 9.17) is 0 Å². The lowest BCUT2D eigenvalue weighted by Crippen LogP contribution is -2.29. The standard InChI is InChI=1S/C19H21NO3/c21-17-11-10-13-6-4-5-9-15(13)16(17)12-20-19(23)18(22)14-7-2-1-3-8-14/h1-3,7-8,10-11,18,21-22H,4-6,9,12H2,(H,20,23). The maximum atomic E-state index is 12.2. The van der Waals surface area contributed by atoms with E-state index in [9.17, 15) is 15.0 Å². The number of aliphatic hydroxyl groups excluding tert-OH is 1. The van der Waals surface area contributed by atoms with E-state index >= 15 is 0 Å². The molecule has 0 saturated carbocycles. The predicted octanol–water partition coefficient (Wildman–Crippen LogP) is 2.62. The molecule has 0 fully saturated rings. The third-order valence-corrected chi connectivity index (χ3v) is 4.43. The zero-order valence-electron chi connectivity index (χ0n) is 13.0. The van der Waals surface area contributed by atoms with Crippen LogP contribution in [0.25, 0.3) is 0 Å². The van der Waals surface area contributed by atoms with Crippen LogP contribution >= 0.6 is 0 Å². The molecule has 1 unspecified atom stereocenters. The molecule has 0 saturated heterocycles. The Morgan fingerprint density at radius 3 is 2.61 bits per heavy atom. The lowest BCUT2D eigenvalue weighted by atomic mass is 9.87. The highest BCUT2D eigenvalue weighted by Crippen LogP contribution is 2.30. The van der Waals surface area contributed by atoms with Crippen molar-refractivity contribution in [1.29, 1.82) is 0 Å². The van der Waals surface area contributed by atoms with Crippen molar-refractivity contribution in [3.05, 3.63) is 64.7 Å². The van der Waals surface area contributed by atoms with E-state index in [1.54, 1.807) is 30.3 Å². The minimum absolute atomic E-state index is 0.208. The molecule has 0 aliphatic heterocycles. The number of benzene rings is 2. The molecule has 120 valence electrons. The summed E-state index contributed by atoms with van der Waals surface area (Å²) < 4.78 is 0. The molecule has 0 spiro atoms. The van der Waals surface area contributed by atoms with Crippen LogP contribution < -0.4 is 5.32 Å². The first-order valence-electron chi connectivity index (χ1n) is 8.00. The van der Waals surface area contributed by atoms with Gasteiger partial charge in [0, 0.05) is 12.1 Å². The van der Waals surface area contributed by atoms with Crippen molar-refractivity contribution in [2.24, 2.45) is 0 Å². The number of amides is 1. The fourth-order valence-corrected chi connectivity index (χ4v) is 3.15. The molecule has 1 aliphatic rings. The fourth-order valence-electron chi connectivity index (χ4n) is 3.15. The molecule has 0 radical (unpaired) electrons. The van der Waals surface area contributed by atoms with Gasteiger partial charge < -0.3 is 15.5 Å². The molecule has 4 heteroatoms. The summed E-state index contributed by atoms with van der Waals surface area (Å²) in [4.78, 5) is 12.2. The van der Waals surface area contributed by atoms with Crippen LogP contribution in [-0.2, 0) is 24.2 Å². The smallest absolute Gasteiger partial charge is 0.253 e. The second-order valence-corrected chi connectivity index (χ2v) is 5.94. The largest absolute Gasteiger partial charge is 0.508 e. The van der Waals surface area contributed by atoms with Crippen molar-refractivity contribution in [1.82, 2.24) is 5.32 Å². The number of nitrogens with one attached hydrogen (secondary N) is 1. The first-order valence-corrected chi connectivity index (χ1v) is 8.00. The lowest BCUT2D eigenvalue weighted by Gasteiger charge is -2.21. The van der Waals surface area contributed by atoms with Gasteiger partial charge in [0.2, 0.25) is 0 Å². The second kappa shape index (κ2) is 6.84. The van der Waals surface area contributed by atoms with Crippen LogP contribution in [0.3, 0.4) is 0 Å². The number of rotatable bonds is 4. The average molecular weight is 311 g/mol. The monoisotopic (exact) mass is 311 g/mol. The van der Waals surface area contributed by atoms with Gasteiger partial charge in [-0.25, -0.2) is 0 Å². The van der Waals surface area contributed by atoms with E-state index in [0.29, 0.717) is 5.56 Å². The summed E-state index contributed by atoms with van der Waals surface area (Å²) in [6.07, 6.45) is 3.01. The van der Waals surface area contributed by atoms with Crippen LogP contribution in [0.1, 0.15) is 41.2 Å². The number of fused-ring (bicyclic) bond motifs is 1. The van der Waals surface area contributed by atoms with Gasteiger partial charge in [0.1, 0.15) is 5.75 Å². The summed E-state index contributed by atoms with van der Waals surface area (Å²) >= 11 is 0. The normalized spacial score (nSPS) is 14.8. The van der Waals surface area contributed by atoms with E-state index in [1.807, 2.05) is 12.1 Å². The summed E-state index contributed by atoms with van der Waals surface area (Å²) in [5.74, 6) is -0.246. The highest BCUT2D eigenvalue weighted by Gasteiger charge is 2.20. The highest BCUT2D eigenvalue weighted by molar-refractivity contribution is 5.82. The van der Waals surface area contributed by atoms with Gasteiger partial charge in [-0.05, 0) is 48.4 Å². The van der Waals surface area contributed by atoms with E-state index in [-0.39, 0.29) is 12.3 Å². The van der Waals surface area contributed by atoms with Crippen molar-refractivity contribution in [3.8, 4) is 5.75 Å². The van der Waals surface area contributed by atoms with E-state index in [1.165, 1.54) is 5.56 Å². The Hall–Kier alpha value is -2.33. The Morgan fingerprint density at radius 2 is 1.83 bits per heavy atom. The minimum Gasteiger partial charge on any atom is -0.508 e. The van der Waals surface area contributed by atoms with E-state index in [0.717, 1.165) is 36.8 Å². The Bertz CT molecular complexity index is 697. The Labute approximate surface area is 135 Å². The predicted molar refractivity (Wildman–Crippen MR) is 88.0 cm³/mol. The molecule has 2 aromatic carbocycles. The molecule has 3 N–H and O–H groups in total. The maximum absolute atomic E-state index is 12.2. The fraction of sp³-hybridized carbons (Fsp3) is 0.316. The molecule has 0 heterocycles. The number of hydrogen-bond donors (Lipinski definition) is 3. The third-order valence-electron chi connectivity index (χ3n) is 4.43. The van der Waals surface area contributed by atoms with Crippen LogP contribution in [-0.4, -0.2) is 16.1 Å². The first kappa shape index (κ1) is 15.6. The van der Waals surface area contributed by atoms with Gasteiger partial charge in [-0.2, -0.15) is 0 Å². The summed E-state index contributed by atoms with van der Waals surface area (Å²) in [5.41, 5.74) is 3.73. The molecule has 1 amide bonds. The lowest BCUT2D eigenvalue weighted by molar-refractivity contribution is -0.129. The Kier molecular flexibility index (Phi) is 4.63. The van der Waals surface area contributed by atoms with Gasteiger partial charge >= 0.3 is 0 Å². The number of phenols is 1. The van der Waals surface area contributed by atoms with E-state index in [2.05, 4.69) is 5.32 Å². The molecular weight excluding hydrogens is 290 g/mol. The van der Waals surface area contributed by atoms with Crippen molar-refractivity contribution in [2.45, 2.75) is 38.3 Å². The molecule has 1 aliphatic carbocycles. The molecule has 2 aromatic rings. The summed E-state index contributed by atoms with van der Waals surface area (Å²) in [5, 5.41) is 23.0. The van der Waals surface area contributed by atoms with Gasteiger partial charge in [0.05, 0.1) is 0 Å². The van der Waals surface area contributed by atoms with Crippen molar-refractivity contribution >= 4 is 5.91 Å².